The minimum Gasteiger partial charge on any atom is -0.497 e. The topological polar surface area (TPSA) is 56.1 Å². The van der Waals surface area contributed by atoms with Gasteiger partial charge >= 0.3 is 0 Å². The third-order valence-corrected chi connectivity index (χ3v) is 5.27. The number of nitrogens with one attached hydrogen (secondary N) is 1. The summed E-state index contributed by atoms with van der Waals surface area (Å²) in [6, 6.07) is 11.2. The molecule has 2 bridgehead atoms. The quantitative estimate of drug-likeness (QED) is 0.738. The summed E-state index contributed by atoms with van der Waals surface area (Å²) in [6.07, 6.45) is 0.762. The van der Waals surface area contributed by atoms with Crippen LogP contribution < -0.4 is 10.1 Å². The Morgan fingerprint density at radius 1 is 1.33 bits per heavy atom. The zero-order valence-electron chi connectivity index (χ0n) is 12.9. The lowest BCUT2D eigenvalue weighted by atomic mass is 9.99. The molecule has 1 aromatic heterocycles. The van der Waals surface area contributed by atoms with Gasteiger partial charge in [-0.1, -0.05) is 17.7 Å². The second-order valence-corrected chi connectivity index (χ2v) is 6.58. The van der Waals surface area contributed by atoms with E-state index < -0.39 is 0 Å². The van der Waals surface area contributed by atoms with Gasteiger partial charge in [0, 0.05) is 22.2 Å². The van der Waals surface area contributed by atoms with Crippen LogP contribution in [0.5, 0.6) is 5.75 Å². The monoisotopic (exact) mass is 339 g/mol. The van der Waals surface area contributed by atoms with Crippen molar-refractivity contribution in [1.82, 2.24) is 14.9 Å². The average molecular weight is 340 g/mol. The van der Waals surface area contributed by atoms with Gasteiger partial charge in [-0.3, -0.25) is 4.79 Å². The Hall–Kier alpha value is -2.53. The highest BCUT2D eigenvalue weighted by atomic mass is 35.5. The summed E-state index contributed by atoms with van der Waals surface area (Å²) in [4.78, 5) is 17.3. The highest BCUT2D eigenvalue weighted by Crippen LogP contribution is 2.46. The van der Waals surface area contributed by atoms with E-state index in [2.05, 4.69) is 9.88 Å². The number of carbonyl (C=O) groups excluding carboxylic acids is 1. The molecule has 0 spiro atoms. The zero-order chi connectivity index (χ0) is 16.4. The number of hydrogen-bond acceptors (Lipinski definition) is 3. The number of rotatable bonds is 1. The van der Waals surface area contributed by atoms with Crippen molar-refractivity contribution in [1.29, 1.82) is 0 Å². The van der Waals surface area contributed by atoms with Gasteiger partial charge in [-0.15, -0.1) is 0 Å². The van der Waals surface area contributed by atoms with Crippen LogP contribution in [-0.4, -0.2) is 22.6 Å². The van der Waals surface area contributed by atoms with Crippen molar-refractivity contribution in [2.24, 2.45) is 0 Å². The van der Waals surface area contributed by atoms with Gasteiger partial charge in [0.2, 0.25) is 0 Å². The summed E-state index contributed by atoms with van der Waals surface area (Å²) in [5, 5.41) is 3.70. The molecule has 2 aliphatic heterocycles. The first-order valence-corrected chi connectivity index (χ1v) is 8.20. The van der Waals surface area contributed by atoms with Crippen LogP contribution in [0.25, 0.3) is 11.0 Å². The molecule has 120 valence electrons. The molecular weight excluding hydrogens is 326 g/mol. The Balaban J connectivity index is 1.83. The number of imidazole rings is 1. The van der Waals surface area contributed by atoms with Gasteiger partial charge in [-0.05, 0) is 30.7 Å². The van der Waals surface area contributed by atoms with Gasteiger partial charge in [-0.2, -0.15) is 0 Å². The molecule has 1 amide bonds. The summed E-state index contributed by atoms with van der Waals surface area (Å²) < 4.78 is 7.55. The SMILES string of the molecule is COc1ccc2nc3n(c2c1)[C@@H]1C[C@H]3NC(=O)c2cccc(Cl)c21. The minimum atomic E-state index is -0.107. The Labute approximate surface area is 143 Å². The van der Waals surface area contributed by atoms with E-state index in [0.29, 0.717) is 10.6 Å². The van der Waals surface area contributed by atoms with Crippen LogP contribution in [0.3, 0.4) is 0 Å². The fourth-order valence-corrected chi connectivity index (χ4v) is 4.21. The molecule has 5 nitrogen and oxygen atoms in total. The lowest BCUT2D eigenvalue weighted by Crippen LogP contribution is -2.27. The zero-order valence-corrected chi connectivity index (χ0v) is 13.7. The number of benzene rings is 2. The van der Waals surface area contributed by atoms with E-state index >= 15 is 0 Å². The van der Waals surface area contributed by atoms with Crippen LogP contribution in [-0.2, 0) is 0 Å². The van der Waals surface area contributed by atoms with Crippen molar-refractivity contribution in [3.05, 3.63) is 58.4 Å². The molecule has 2 aliphatic rings. The maximum Gasteiger partial charge on any atom is 0.252 e. The normalized spacial score (nSPS) is 21.2. The van der Waals surface area contributed by atoms with Crippen molar-refractivity contribution < 1.29 is 9.53 Å². The van der Waals surface area contributed by atoms with Gasteiger partial charge in [0.15, 0.2) is 0 Å². The molecule has 2 aromatic carbocycles. The summed E-state index contributed by atoms with van der Waals surface area (Å²) in [6.45, 7) is 0. The molecule has 0 unspecified atom stereocenters. The molecule has 5 rings (SSSR count). The number of fused-ring (bicyclic) bond motifs is 9. The minimum absolute atomic E-state index is 0.00949. The van der Waals surface area contributed by atoms with Gasteiger partial charge in [0.1, 0.15) is 11.6 Å². The molecule has 24 heavy (non-hydrogen) atoms. The van der Waals surface area contributed by atoms with Crippen molar-refractivity contribution in [2.45, 2.75) is 18.5 Å². The maximum absolute atomic E-state index is 12.5. The van der Waals surface area contributed by atoms with Crippen LogP contribution in [0.1, 0.15) is 40.3 Å². The van der Waals surface area contributed by atoms with Crippen LogP contribution >= 0.6 is 11.6 Å². The van der Waals surface area contributed by atoms with Crippen molar-refractivity contribution in [3.8, 4) is 5.75 Å². The third-order valence-electron chi connectivity index (χ3n) is 4.94. The Morgan fingerprint density at radius 3 is 3.04 bits per heavy atom. The van der Waals surface area contributed by atoms with Crippen molar-refractivity contribution in [3.63, 3.8) is 0 Å². The van der Waals surface area contributed by atoms with Crippen LogP contribution in [0.2, 0.25) is 5.02 Å². The number of halogens is 1. The molecule has 0 radical (unpaired) electrons. The average Bonchev–Trinajstić information content (AvgIpc) is 3.07. The summed E-state index contributed by atoms with van der Waals surface area (Å²) >= 11 is 6.48. The fraction of sp³-hybridized carbons (Fsp3) is 0.222. The van der Waals surface area contributed by atoms with E-state index in [0.717, 1.165) is 34.6 Å². The summed E-state index contributed by atoms with van der Waals surface area (Å²) in [5.74, 6) is 1.57. The predicted molar refractivity (Wildman–Crippen MR) is 90.7 cm³/mol. The lowest BCUT2D eigenvalue weighted by Gasteiger charge is -2.19. The van der Waals surface area contributed by atoms with Crippen LogP contribution in [0.4, 0.5) is 0 Å². The number of ether oxygens (including phenoxy) is 1. The van der Waals surface area contributed by atoms with Gasteiger partial charge < -0.3 is 14.6 Å². The number of hydrogen-bond donors (Lipinski definition) is 1. The Bertz CT molecular complexity index is 1010. The number of nitrogens with zero attached hydrogens (tertiary/aromatic N) is 2. The molecule has 1 N–H and O–H groups in total. The van der Waals surface area contributed by atoms with Crippen molar-refractivity contribution >= 4 is 28.5 Å². The Kier molecular flexibility index (Phi) is 2.74. The highest BCUT2D eigenvalue weighted by Gasteiger charge is 2.41. The number of methoxy groups -OCH3 is 1. The van der Waals surface area contributed by atoms with E-state index in [1.54, 1.807) is 7.11 Å². The molecule has 0 aliphatic carbocycles. The lowest BCUT2D eigenvalue weighted by molar-refractivity contribution is 0.0938. The molecule has 3 heterocycles. The second kappa shape index (κ2) is 4.74. The molecule has 0 saturated heterocycles. The fourth-order valence-electron chi connectivity index (χ4n) is 3.91. The second-order valence-electron chi connectivity index (χ2n) is 6.17. The van der Waals surface area contributed by atoms with Crippen molar-refractivity contribution in [2.75, 3.05) is 7.11 Å². The molecule has 3 aromatic rings. The highest BCUT2D eigenvalue weighted by molar-refractivity contribution is 6.32. The first-order chi connectivity index (χ1) is 11.7. The maximum atomic E-state index is 12.5. The smallest absolute Gasteiger partial charge is 0.252 e. The van der Waals surface area contributed by atoms with Gasteiger partial charge in [0.05, 0.1) is 30.2 Å². The molecular formula is C18H14ClN3O2. The summed E-state index contributed by atoms with van der Waals surface area (Å²) in [7, 11) is 1.65. The van der Waals surface area contributed by atoms with Gasteiger partial charge in [0.25, 0.3) is 5.91 Å². The third kappa shape index (κ3) is 1.70. The number of amides is 1. The number of carbonyl (C=O) groups is 1. The molecule has 0 saturated carbocycles. The van der Waals surface area contributed by atoms with Crippen LogP contribution in [0, 0.1) is 0 Å². The first kappa shape index (κ1) is 13.9. The van der Waals surface area contributed by atoms with E-state index in [1.807, 2.05) is 36.4 Å². The standard InChI is InChI=1S/C18H14ClN3O2/c1-24-9-5-6-12-14(7-9)22-15-8-13(17(22)20-12)21-18(23)10-3-2-4-11(19)16(10)15/h2-7,13,15H,8H2,1H3,(H,21,23)/t13-,15-/m1/s1. The van der Waals surface area contributed by atoms with E-state index in [9.17, 15) is 4.79 Å². The van der Waals surface area contributed by atoms with E-state index in [4.69, 9.17) is 21.3 Å². The molecule has 0 fully saturated rings. The van der Waals surface area contributed by atoms with E-state index in [-0.39, 0.29) is 18.0 Å². The number of aromatic nitrogens is 2. The summed E-state index contributed by atoms with van der Waals surface area (Å²) in [5.41, 5.74) is 3.41. The van der Waals surface area contributed by atoms with E-state index in [1.165, 1.54) is 0 Å². The largest absolute Gasteiger partial charge is 0.497 e. The van der Waals surface area contributed by atoms with Gasteiger partial charge in [-0.25, -0.2) is 4.98 Å². The van der Waals surface area contributed by atoms with Crippen LogP contribution in [0.15, 0.2) is 36.4 Å². The predicted octanol–water partition coefficient (Wildman–Crippen LogP) is 3.48. The Morgan fingerprint density at radius 2 is 2.21 bits per heavy atom. The first-order valence-electron chi connectivity index (χ1n) is 7.82. The molecule has 2 atom stereocenters. The molecule has 6 heteroatoms.